The Labute approximate surface area is 131 Å². The number of alkyl carbamates (subject to hydrolysis) is 1. The molecule has 0 aromatic heterocycles. The highest BCUT2D eigenvalue weighted by atomic mass is 16.5. The van der Waals surface area contributed by atoms with Gasteiger partial charge in [-0.3, -0.25) is 0 Å². The second-order valence-electron chi connectivity index (χ2n) is 5.24. The van der Waals surface area contributed by atoms with Gasteiger partial charge in [-0.25, -0.2) is 4.79 Å². The van der Waals surface area contributed by atoms with E-state index in [-0.39, 0.29) is 12.6 Å². The molecule has 1 N–H and O–H groups in total. The molecule has 0 aliphatic rings. The fraction of sp³-hybridized carbons (Fsp3) is 0.211. The van der Waals surface area contributed by atoms with E-state index in [2.05, 4.69) is 11.9 Å². The number of nitrogens with one attached hydrogen (secondary N) is 1. The van der Waals surface area contributed by atoms with Crippen molar-refractivity contribution < 1.29 is 9.53 Å². The van der Waals surface area contributed by atoms with Gasteiger partial charge in [0, 0.05) is 0 Å². The predicted molar refractivity (Wildman–Crippen MR) is 88.6 cm³/mol. The largest absolute Gasteiger partial charge is 0.445 e. The lowest BCUT2D eigenvalue weighted by atomic mass is 10.1. The standard InChI is InChI=1S/C19H21NO2/c1-3-18(13-16-7-5-4-6-8-16)20-19(21)22-14-17-11-9-15(2)10-12-17/h3-12,18H,1,13-14H2,2H3,(H,20,21)/t18-/m1/s1. The predicted octanol–water partition coefficient (Wildman–Crippen LogP) is 4.02. The van der Waals surface area contributed by atoms with E-state index in [1.807, 2.05) is 61.5 Å². The molecule has 0 heterocycles. The summed E-state index contributed by atoms with van der Waals surface area (Å²) in [6, 6.07) is 17.7. The Morgan fingerprint density at radius 3 is 2.45 bits per heavy atom. The van der Waals surface area contributed by atoms with Crippen molar-refractivity contribution in [2.75, 3.05) is 0 Å². The van der Waals surface area contributed by atoms with Crippen LogP contribution in [0.5, 0.6) is 0 Å². The number of aryl methyl sites for hydroxylation is 1. The van der Waals surface area contributed by atoms with E-state index >= 15 is 0 Å². The summed E-state index contributed by atoms with van der Waals surface area (Å²) >= 11 is 0. The summed E-state index contributed by atoms with van der Waals surface area (Å²) in [4.78, 5) is 11.9. The molecule has 22 heavy (non-hydrogen) atoms. The van der Waals surface area contributed by atoms with Gasteiger partial charge < -0.3 is 10.1 Å². The van der Waals surface area contributed by atoms with E-state index in [1.165, 1.54) is 5.56 Å². The van der Waals surface area contributed by atoms with Crippen LogP contribution in [-0.2, 0) is 17.8 Å². The van der Waals surface area contributed by atoms with Gasteiger partial charge in [-0.2, -0.15) is 0 Å². The lowest BCUT2D eigenvalue weighted by Crippen LogP contribution is -2.35. The topological polar surface area (TPSA) is 38.3 Å². The summed E-state index contributed by atoms with van der Waals surface area (Å²) in [6.45, 7) is 6.06. The van der Waals surface area contributed by atoms with Gasteiger partial charge in [0.05, 0.1) is 6.04 Å². The van der Waals surface area contributed by atoms with E-state index in [4.69, 9.17) is 4.74 Å². The molecule has 0 saturated heterocycles. The maximum Gasteiger partial charge on any atom is 0.407 e. The maximum absolute atomic E-state index is 11.9. The number of hydrogen-bond donors (Lipinski definition) is 1. The summed E-state index contributed by atoms with van der Waals surface area (Å²) in [5, 5.41) is 2.82. The van der Waals surface area contributed by atoms with Gasteiger partial charge >= 0.3 is 6.09 Å². The summed E-state index contributed by atoms with van der Waals surface area (Å²) in [5.41, 5.74) is 3.30. The third-order valence-electron chi connectivity index (χ3n) is 3.38. The summed E-state index contributed by atoms with van der Waals surface area (Å²) < 4.78 is 5.24. The van der Waals surface area contributed by atoms with Crippen molar-refractivity contribution in [3.63, 3.8) is 0 Å². The first-order chi connectivity index (χ1) is 10.7. The molecular weight excluding hydrogens is 274 g/mol. The Balaban J connectivity index is 1.81. The molecule has 3 nitrogen and oxygen atoms in total. The van der Waals surface area contributed by atoms with Crippen LogP contribution in [0.4, 0.5) is 4.79 Å². The third-order valence-corrected chi connectivity index (χ3v) is 3.38. The number of amides is 1. The molecule has 0 spiro atoms. The summed E-state index contributed by atoms with van der Waals surface area (Å²) in [7, 11) is 0. The smallest absolute Gasteiger partial charge is 0.407 e. The molecule has 0 bridgehead atoms. The summed E-state index contributed by atoms with van der Waals surface area (Å²) in [6.07, 6.45) is 1.99. The highest BCUT2D eigenvalue weighted by Gasteiger charge is 2.10. The minimum absolute atomic E-state index is 0.145. The molecule has 2 aromatic rings. The lowest BCUT2D eigenvalue weighted by Gasteiger charge is -2.15. The van der Waals surface area contributed by atoms with Crippen molar-refractivity contribution >= 4 is 6.09 Å². The van der Waals surface area contributed by atoms with E-state index in [0.29, 0.717) is 6.42 Å². The van der Waals surface area contributed by atoms with Crippen molar-refractivity contribution in [3.05, 3.63) is 83.9 Å². The van der Waals surface area contributed by atoms with Gasteiger partial charge in [0.25, 0.3) is 0 Å². The van der Waals surface area contributed by atoms with Crippen LogP contribution in [0.1, 0.15) is 16.7 Å². The fourth-order valence-corrected chi connectivity index (χ4v) is 2.09. The molecule has 1 amide bonds. The molecular formula is C19H21NO2. The second kappa shape index (κ2) is 8.03. The molecule has 2 rings (SSSR count). The van der Waals surface area contributed by atoms with Crippen LogP contribution in [0.15, 0.2) is 67.3 Å². The van der Waals surface area contributed by atoms with Gasteiger partial charge in [-0.1, -0.05) is 66.2 Å². The molecule has 0 saturated carbocycles. The first-order valence-electron chi connectivity index (χ1n) is 7.32. The molecule has 0 unspecified atom stereocenters. The quantitative estimate of drug-likeness (QED) is 0.817. The van der Waals surface area contributed by atoms with Crippen molar-refractivity contribution in [2.24, 2.45) is 0 Å². The molecule has 0 aliphatic carbocycles. The van der Waals surface area contributed by atoms with Gasteiger partial charge in [0.2, 0.25) is 0 Å². The molecule has 3 heteroatoms. The van der Waals surface area contributed by atoms with Gasteiger partial charge in [-0.05, 0) is 24.5 Å². The first-order valence-corrected chi connectivity index (χ1v) is 7.32. The van der Waals surface area contributed by atoms with E-state index in [1.54, 1.807) is 6.08 Å². The Morgan fingerprint density at radius 2 is 1.82 bits per heavy atom. The number of carbonyl (C=O) groups is 1. The van der Waals surface area contributed by atoms with Crippen LogP contribution in [0.2, 0.25) is 0 Å². The highest BCUT2D eigenvalue weighted by Crippen LogP contribution is 2.06. The summed E-state index contributed by atoms with van der Waals surface area (Å²) in [5.74, 6) is 0. The second-order valence-corrected chi connectivity index (χ2v) is 5.24. The average molecular weight is 295 g/mol. The van der Waals surface area contributed by atoms with Gasteiger partial charge in [0.15, 0.2) is 0 Å². The van der Waals surface area contributed by atoms with Gasteiger partial charge in [0.1, 0.15) is 6.61 Å². The molecule has 114 valence electrons. The third kappa shape index (κ3) is 5.09. The zero-order chi connectivity index (χ0) is 15.8. The molecule has 1 atom stereocenters. The van der Waals surface area contributed by atoms with Crippen molar-refractivity contribution in [2.45, 2.75) is 26.0 Å². The molecule has 0 aliphatic heterocycles. The highest BCUT2D eigenvalue weighted by molar-refractivity contribution is 5.68. The minimum Gasteiger partial charge on any atom is -0.445 e. The minimum atomic E-state index is -0.429. The SMILES string of the molecule is C=C[C@H](Cc1ccccc1)NC(=O)OCc1ccc(C)cc1. The Bertz CT molecular complexity index is 605. The van der Waals surface area contributed by atoms with Crippen molar-refractivity contribution in [1.82, 2.24) is 5.32 Å². The van der Waals surface area contributed by atoms with E-state index in [0.717, 1.165) is 11.1 Å². The number of ether oxygens (including phenoxy) is 1. The number of benzene rings is 2. The Hall–Kier alpha value is -2.55. The first kappa shape index (κ1) is 15.8. The number of rotatable bonds is 6. The zero-order valence-corrected chi connectivity index (χ0v) is 12.8. The van der Waals surface area contributed by atoms with E-state index in [9.17, 15) is 4.79 Å². The molecule has 0 radical (unpaired) electrons. The van der Waals surface area contributed by atoms with Gasteiger partial charge in [-0.15, -0.1) is 6.58 Å². The number of hydrogen-bond acceptors (Lipinski definition) is 2. The molecule has 0 fully saturated rings. The van der Waals surface area contributed by atoms with Crippen LogP contribution in [0, 0.1) is 6.92 Å². The lowest BCUT2D eigenvalue weighted by molar-refractivity contribution is 0.137. The van der Waals surface area contributed by atoms with Crippen LogP contribution in [-0.4, -0.2) is 12.1 Å². The monoisotopic (exact) mass is 295 g/mol. The van der Waals surface area contributed by atoms with Crippen LogP contribution >= 0.6 is 0 Å². The Kier molecular flexibility index (Phi) is 5.78. The van der Waals surface area contributed by atoms with E-state index < -0.39 is 6.09 Å². The van der Waals surface area contributed by atoms with Crippen LogP contribution < -0.4 is 5.32 Å². The zero-order valence-electron chi connectivity index (χ0n) is 12.8. The van der Waals surface area contributed by atoms with Crippen molar-refractivity contribution in [3.8, 4) is 0 Å². The molecule has 2 aromatic carbocycles. The average Bonchev–Trinajstić information content (AvgIpc) is 2.54. The van der Waals surface area contributed by atoms with Crippen LogP contribution in [0.3, 0.4) is 0 Å². The number of carbonyl (C=O) groups excluding carboxylic acids is 1. The van der Waals surface area contributed by atoms with Crippen molar-refractivity contribution in [1.29, 1.82) is 0 Å². The Morgan fingerprint density at radius 1 is 1.14 bits per heavy atom. The normalized spacial score (nSPS) is 11.5. The fourth-order valence-electron chi connectivity index (χ4n) is 2.09. The van der Waals surface area contributed by atoms with Crippen LogP contribution in [0.25, 0.3) is 0 Å². The maximum atomic E-state index is 11.9.